The smallest absolute Gasteiger partial charge is 0.382 e. The second-order valence-electron chi connectivity index (χ2n) is 4.34. The zero-order chi connectivity index (χ0) is 15.8. The van der Waals surface area contributed by atoms with Crippen LogP contribution in [0.25, 0.3) is 5.69 Å². The highest BCUT2D eigenvalue weighted by molar-refractivity contribution is 5.92. The third kappa shape index (κ3) is 2.78. The van der Waals surface area contributed by atoms with Gasteiger partial charge in [-0.25, -0.2) is 4.68 Å². The zero-order valence-electron chi connectivity index (χ0n) is 10.9. The quantitative estimate of drug-likeness (QED) is 0.655. The molecule has 0 saturated carbocycles. The maximum Gasteiger partial charge on any atom is 0.418 e. The molecule has 0 saturated heterocycles. The van der Waals surface area contributed by atoms with Crippen LogP contribution in [0.3, 0.4) is 0 Å². The van der Waals surface area contributed by atoms with Gasteiger partial charge in [-0.3, -0.25) is 10.2 Å². The summed E-state index contributed by atoms with van der Waals surface area (Å²) in [5.74, 6) is -0.599. The molecule has 0 atom stereocenters. The Balaban J connectivity index is 2.77. The monoisotopic (exact) mass is 296 g/mol. The molecular weight excluding hydrogens is 285 g/mol. The first kappa shape index (κ1) is 14.8. The fraction of sp³-hybridized carbons (Fsp3) is 0.154. The number of nitrogens with one attached hydrogen (secondary N) is 1. The van der Waals surface area contributed by atoms with Crippen molar-refractivity contribution in [3.63, 3.8) is 0 Å². The van der Waals surface area contributed by atoms with Gasteiger partial charge in [-0.1, -0.05) is 12.1 Å². The number of para-hydroxylation sites is 1. The molecule has 0 spiro atoms. The molecule has 1 aromatic carbocycles. The lowest BCUT2D eigenvalue weighted by atomic mass is 10.1. The summed E-state index contributed by atoms with van der Waals surface area (Å²) in [5, 5.41) is 11.0. The van der Waals surface area contributed by atoms with Crippen molar-refractivity contribution in [2.24, 2.45) is 5.73 Å². The minimum absolute atomic E-state index is 0.210. The first-order valence-electron chi connectivity index (χ1n) is 5.84. The Bertz CT molecular complexity index is 765. The van der Waals surface area contributed by atoms with Crippen molar-refractivity contribution in [2.75, 3.05) is 0 Å². The second kappa shape index (κ2) is 5.04. The second-order valence-corrected chi connectivity index (χ2v) is 4.34. The number of alkyl halides is 3. The van der Waals surface area contributed by atoms with E-state index < -0.39 is 28.7 Å². The van der Waals surface area contributed by atoms with Crippen LogP contribution in [0.1, 0.15) is 17.0 Å². The van der Waals surface area contributed by atoms with E-state index in [9.17, 15) is 18.0 Å². The van der Waals surface area contributed by atoms with Crippen molar-refractivity contribution >= 4 is 5.84 Å². The number of hydrogen-bond donors (Lipinski definition) is 2. The Morgan fingerprint density at radius 3 is 2.52 bits per heavy atom. The van der Waals surface area contributed by atoms with Crippen molar-refractivity contribution in [1.82, 2.24) is 9.78 Å². The summed E-state index contributed by atoms with van der Waals surface area (Å²) in [5.41, 5.74) is 3.31. The Morgan fingerprint density at radius 1 is 1.33 bits per heavy atom. The number of amidine groups is 1. The van der Waals surface area contributed by atoms with Crippen LogP contribution in [0.2, 0.25) is 0 Å². The van der Waals surface area contributed by atoms with Gasteiger partial charge >= 0.3 is 6.18 Å². The summed E-state index contributed by atoms with van der Waals surface area (Å²) in [6, 6.07) is 5.93. The SMILES string of the molecule is Cc1cc(=O)c(C(=N)N)nn1-c1ccccc1C(F)(F)F. The molecule has 0 unspecified atom stereocenters. The zero-order valence-corrected chi connectivity index (χ0v) is 10.9. The summed E-state index contributed by atoms with van der Waals surface area (Å²) in [6.07, 6.45) is -4.57. The molecule has 1 aromatic heterocycles. The van der Waals surface area contributed by atoms with Gasteiger partial charge < -0.3 is 5.73 Å². The van der Waals surface area contributed by atoms with Crippen LogP contribution in [-0.4, -0.2) is 15.6 Å². The maximum absolute atomic E-state index is 13.0. The highest BCUT2D eigenvalue weighted by Crippen LogP contribution is 2.33. The van der Waals surface area contributed by atoms with E-state index >= 15 is 0 Å². The lowest BCUT2D eigenvalue weighted by Crippen LogP contribution is -2.27. The molecule has 0 aliphatic heterocycles. The van der Waals surface area contributed by atoms with Gasteiger partial charge in [0.1, 0.15) is 5.84 Å². The number of aryl methyl sites for hydroxylation is 1. The first-order valence-corrected chi connectivity index (χ1v) is 5.84. The van der Waals surface area contributed by atoms with Crippen molar-refractivity contribution in [2.45, 2.75) is 13.1 Å². The predicted molar refractivity (Wildman–Crippen MR) is 70.6 cm³/mol. The molecule has 2 rings (SSSR count). The molecule has 0 fully saturated rings. The van der Waals surface area contributed by atoms with E-state index in [1.165, 1.54) is 25.1 Å². The number of halogens is 3. The molecule has 8 heteroatoms. The van der Waals surface area contributed by atoms with Crippen molar-refractivity contribution in [3.8, 4) is 5.69 Å². The van der Waals surface area contributed by atoms with Crippen molar-refractivity contribution < 1.29 is 13.2 Å². The van der Waals surface area contributed by atoms with Gasteiger partial charge in [0.2, 0.25) is 5.43 Å². The summed E-state index contributed by atoms with van der Waals surface area (Å²) >= 11 is 0. The Kier molecular flexibility index (Phi) is 3.54. The van der Waals surface area contributed by atoms with Crippen molar-refractivity contribution in [1.29, 1.82) is 5.41 Å². The lowest BCUT2D eigenvalue weighted by molar-refractivity contribution is -0.137. The van der Waals surface area contributed by atoms with Gasteiger partial charge in [-0.2, -0.15) is 18.3 Å². The van der Waals surface area contributed by atoms with Gasteiger partial charge in [0.05, 0.1) is 11.3 Å². The molecule has 3 N–H and O–H groups in total. The normalized spacial score (nSPS) is 11.4. The van der Waals surface area contributed by atoms with Crippen LogP contribution in [0.4, 0.5) is 13.2 Å². The Morgan fingerprint density at radius 2 is 1.95 bits per heavy atom. The van der Waals surface area contributed by atoms with E-state index in [4.69, 9.17) is 11.1 Å². The van der Waals surface area contributed by atoms with Crippen LogP contribution in [0.5, 0.6) is 0 Å². The first-order chi connectivity index (χ1) is 9.71. The fourth-order valence-corrected chi connectivity index (χ4v) is 1.88. The maximum atomic E-state index is 13.0. The summed E-state index contributed by atoms with van der Waals surface area (Å²) in [7, 11) is 0. The molecule has 110 valence electrons. The number of benzene rings is 1. The number of nitrogens with zero attached hydrogens (tertiary/aromatic N) is 2. The molecule has 0 amide bonds. The minimum Gasteiger partial charge on any atom is -0.382 e. The van der Waals surface area contributed by atoms with E-state index in [-0.39, 0.29) is 11.4 Å². The molecule has 5 nitrogen and oxygen atoms in total. The predicted octanol–water partition coefficient (Wildman–Crippen LogP) is 1.84. The van der Waals surface area contributed by atoms with Crippen LogP contribution in [-0.2, 0) is 6.18 Å². The van der Waals surface area contributed by atoms with Crippen LogP contribution >= 0.6 is 0 Å². The highest BCUT2D eigenvalue weighted by atomic mass is 19.4. The van der Waals surface area contributed by atoms with Gasteiger partial charge in [0.15, 0.2) is 5.69 Å². The molecule has 1 heterocycles. The third-order valence-corrected chi connectivity index (χ3v) is 2.80. The van der Waals surface area contributed by atoms with Crippen molar-refractivity contribution in [3.05, 3.63) is 57.5 Å². The molecule has 0 bridgehead atoms. The highest BCUT2D eigenvalue weighted by Gasteiger charge is 2.34. The largest absolute Gasteiger partial charge is 0.418 e. The average molecular weight is 296 g/mol. The van der Waals surface area contributed by atoms with E-state index in [0.717, 1.165) is 16.8 Å². The van der Waals surface area contributed by atoms with Crippen LogP contribution in [0.15, 0.2) is 35.1 Å². The summed E-state index contributed by atoms with van der Waals surface area (Å²) in [4.78, 5) is 11.6. The number of rotatable bonds is 2. The number of nitrogens with two attached hydrogens (primary N) is 1. The van der Waals surface area contributed by atoms with E-state index in [2.05, 4.69) is 5.10 Å². The summed E-state index contributed by atoms with van der Waals surface area (Å²) in [6.45, 7) is 1.45. The molecule has 21 heavy (non-hydrogen) atoms. The molecule has 0 radical (unpaired) electrons. The Labute approximate surface area is 117 Å². The minimum atomic E-state index is -4.57. The molecule has 0 aliphatic carbocycles. The van der Waals surface area contributed by atoms with Crippen LogP contribution in [0, 0.1) is 12.3 Å². The van der Waals surface area contributed by atoms with Gasteiger partial charge in [-0.05, 0) is 19.1 Å². The lowest BCUT2D eigenvalue weighted by Gasteiger charge is -2.16. The van der Waals surface area contributed by atoms with E-state index in [1.807, 2.05) is 0 Å². The molecule has 2 aromatic rings. The van der Waals surface area contributed by atoms with Gasteiger partial charge in [0, 0.05) is 11.8 Å². The van der Waals surface area contributed by atoms with Crippen LogP contribution < -0.4 is 11.2 Å². The van der Waals surface area contributed by atoms with Gasteiger partial charge in [-0.15, -0.1) is 0 Å². The van der Waals surface area contributed by atoms with Gasteiger partial charge in [0.25, 0.3) is 0 Å². The van der Waals surface area contributed by atoms with E-state index in [1.54, 1.807) is 0 Å². The molecular formula is C13H11F3N4O. The number of aromatic nitrogens is 2. The summed E-state index contributed by atoms with van der Waals surface area (Å²) < 4.78 is 40.1. The Hall–Kier alpha value is -2.64. The topological polar surface area (TPSA) is 84.8 Å². The third-order valence-electron chi connectivity index (χ3n) is 2.80. The fourth-order valence-electron chi connectivity index (χ4n) is 1.88. The number of nitrogen functional groups attached to an aromatic ring is 1. The molecule has 0 aliphatic rings. The van der Waals surface area contributed by atoms with E-state index in [0.29, 0.717) is 0 Å². The average Bonchev–Trinajstić information content (AvgIpc) is 2.37. The number of hydrogen-bond acceptors (Lipinski definition) is 3. The standard InChI is InChI=1S/C13H11F3N4O/c1-7-6-10(21)11(12(17)18)19-20(7)9-5-3-2-4-8(9)13(14,15)16/h2-6H,1H3,(H3,17,18).